The Hall–Kier alpha value is -3.28. The summed E-state index contributed by atoms with van der Waals surface area (Å²) in [6.45, 7) is 4.87. The van der Waals surface area contributed by atoms with Gasteiger partial charge in [-0.05, 0) is 44.2 Å². The molecule has 1 heterocycles. The fourth-order valence-electron chi connectivity index (χ4n) is 3.20. The third kappa shape index (κ3) is 3.79. The Labute approximate surface area is 157 Å². The Morgan fingerprint density at radius 3 is 2.41 bits per heavy atom. The lowest BCUT2D eigenvalue weighted by molar-refractivity contribution is -0.117. The van der Waals surface area contributed by atoms with E-state index in [0.29, 0.717) is 24.2 Å². The molecule has 0 aliphatic rings. The summed E-state index contributed by atoms with van der Waals surface area (Å²) < 4.78 is 5.44. The second kappa shape index (κ2) is 7.95. The van der Waals surface area contributed by atoms with E-state index in [4.69, 9.17) is 4.74 Å². The van der Waals surface area contributed by atoms with Crippen LogP contribution in [0.5, 0.6) is 5.75 Å². The van der Waals surface area contributed by atoms with Crippen LogP contribution in [0.15, 0.2) is 48.5 Å². The lowest BCUT2D eigenvalue weighted by Crippen LogP contribution is -2.32. The minimum atomic E-state index is -1.07. The number of aromatic nitrogens is 1. The number of likely N-dealkylation sites (N-methyl/N-ethyl adjacent to an activating group) is 1. The summed E-state index contributed by atoms with van der Waals surface area (Å²) in [6, 6.07) is 14.6. The molecule has 0 saturated heterocycles. The van der Waals surface area contributed by atoms with Crippen molar-refractivity contribution < 1.29 is 19.4 Å². The zero-order chi connectivity index (χ0) is 19.4. The first-order chi connectivity index (χ1) is 13.0. The Morgan fingerprint density at radius 2 is 1.78 bits per heavy atom. The van der Waals surface area contributed by atoms with Crippen LogP contribution in [-0.4, -0.2) is 35.1 Å². The number of hydrogen-bond acceptors (Lipinski definition) is 3. The molecular formula is C21H22N2O4. The molecule has 0 unspecified atom stereocenters. The van der Waals surface area contributed by atoms with Crippen molar-refractivity contribution in [3.05, 3.63) is 59.8 Å². The molecule has 6 heteroatoms. The molecule has 140 valence electrons. The predicted octanol–water partition coefficient (Wildman–Crippen LogP) is 3.86. The van der Waals surface area contributed by atoms with Gasteiger partial charge in [-0.3, -0.25) is 4.79 Å². The van der Waals surface area contributed by atoms with Gasteiger partial charge in [0, 0.05) is 28.7 Å². The number of aromatic carboxylic acids is 1. The molecular weight excluding hydrogens is 344 g/mol. The predicted molar refractivity (Wildman–Crippen MR) is 105 cm³/mol. The minimum Gasteiger partial charge on any atom is -0.494 e. The molecule has 0 spiro atoms. The summed E-state index contributed by atoms with van der Waals surface area (Å²) in [7, 11) is 0. The zero-order valence-corrected chi connectivity index (χ0v) is 15.4. The molecule has 0 radical (unpaired) electrons. The van der Waals surface area contributed by atoms with Crippen LogP contribution in [0.1, 0.15) is 29.9 Å². The number of amides is 1. The van der Waals surface area contributed by atoms with E-state index in [1.54, 1.807) is 11.0 Å². The zero-order valence-electron chi connectivity index (χ0n) is 15.4. The van der Waals surface area contributed by atoms with Gasteiger partial charge in [0.25, 0.3) is 0 Å². The summed E-state index contributed by atoms with van der Waals surface area (Å²) in [5.41, 5.74) is 2.03. The monoisotopic (exact) mass is 366 g/mol. The lowest BCUT2D eigenvalue weighted by atomic mass is 10.1. The molecule has 6 nitrogen and oxygen atoms in total. The molecule has 2 N–H and O–H groups in total. The van der Waals surface area contributed by atoms with E-state index >= 15 is 0 Å². The van der Waals surface area contributed by atoms with Gasteiger partial charge in [0.05, 0.1) is 13.0 Å². The number of para-hydroxylation sites is 1. The van der Waals surface area contributed by atoms with E-state index in [0.717, 1.165) is 16.8 Å². The largest absolute Gasteiger partial charge is 0.494 e. The minimum absolute atomic E-state index is 0.00664. The van der Waals surface area contributed by atoms with Crippen molar-refractivity contribution in [1.29, 1.82) is 0 Å². The third-order valence-electron chi connectivity index (χ3n) is 4.43. The maximum atomic E-state index is 13.0. The number of carboxylic acids is 1. The van der Waals surface area contributed by atoms with Gasteiger partial charge in [-0.15, -0.1) is 0 Å². The first kappa shape index (κ1) is 18.5. The van der Waals surface area contributed by atoms with Gasteiger partial charge in [-0.1, -0.05) is 18.2 Å². The Balaban J connectivity index is 1.90. The summed E-state index contributed by atoms with van der Waals surface area (Å²) in [4.78, 5) is 29.1. The van der Waals surface area contributed by atoms with E-state index < -0.39 is 5.97 Å². The maximum Gasteiger partial charge on any atom is 0.352 e. The summed E-state index contributed by atoms with van der Waals surface area (Å²) in [5.74, 6) is -0.485. The number of anilines is 1. The third-order valence-corrected chi connectivity index (χ3v) is 4.43. The second-order valence-corrected chi connectivity index (χ2v) is 6.07. The van der Waals surface area contributed by atoms with Gasteiger partial charge in [0.1, 0.15) is 11.4 Å². The van der Waals surface area contributed by atoms with Crippen molar-refractivity contribution in [2.45, 2.75) is 20.3 Å². The molecule has 3 rings (SSSR count). The molecule has 0 bridgehead atoms. The molecule has 27 heavy (non-hydrogen) atoms. The molecule has 1 amide bonds. The molecule has 2 aromatic carbocycles. The molecule has 0 fully saturated rings. The van der Waals surface area contributed by atoms with Gasteiger partial charge in [0.2, 0.25) is 5.91 Å². The summed E-state index contributed by atoms with van der Waals surface area (Å²) >= 11 is 0. The number of carbonyl (C=O) groups excluding carboxylic acids is 1. The molecule has 0 aliphatic heterocycles. The SMILES string of the molecule is CCOc1ccc(N(CC)C(=O)Cc2c(C(=O)O)[nH]c3ccccc23)cc1. The highest BCUT2D eigenvalue weighted by Gasteiger charge is 2.22. The average Bonchev–Trinajstić information content (AvgIpc) is 3.03. The Morgan fingerprint density at radius 1 is 1.07 bits per heavy atom. The van der Waals surface area contributed by atoms with Crippen LogP contribution in [0.4, 0.5) is 5.69 Å². The van der Waals surface area contributed by atoms with Crippen molar-refractivity contribution in [2.24, 2.45) is 0 Å². The molecule has 0 saturated carbocycles. The average molecular weight is 366 g/mol. The number of nitrogens with one attached hydrogen (secondary N) is 1. The van der Waals surface area contributed by atoms with E-state index in [-0.39, 0.29) is 18.0 Å². The van der Waals surface area contributed by atoms with Gasteiger partial charge >= 0.3 is 5.97 Å². The van der Waals surface area contributed by atoms with Gasteiger partial charge in [0.15, 0.2) is 0 Å². The van der Waals surface area contributed by atoms with Crippen LogP contribution in [-0.2, 0) is 11.2 Å². The fraction of sp³-hybridized carbons (Fsp3) is 0.238. The maximum absolute atomic E-state index is 13.0. The van der Waals surface area contributed by atoms with Gasteiger partial charge < -0.3 is 19.7 Å². The van der Waals surface area contributed by atoms with E-state index in [9.17, 15) is 14.7 Å². The smallest absolute Gasteiger partial charge is 0.352 e. The van der Waals surface area contributed by atoms with E-state index in [2.05, 4.69) is 4.98 Å². The normalized spacial score (nSPS) is 10.7. The van der Waals surface area contributed by atoms with Crippen molar-refractivity contribution in [1.82, 2.24) is 4.98 Å². The van der Waals surface area contributed by atoms with Crippen LogP contribution in [0.2, 0.25) is 0 Å². The van der Waals surface area contributed by atoms with Crippen molar-refractivity contribution >= 4 is 28.5 Å². The Kier molecular flexibility index (Phi) is 5.45. The molecule has 0 aliphatic carbocycles. The van der Waals surface area contributed by atoms with E-state index in [1.807, 2.05) is 56.3 Å². The van der Waals surface area contributed by atoms with Crippen LogP contribution in [0, 0.1) is 0 Å². The van der Waals surface area contributed by atoms with Crippen LogP contribution >= 0.6 is 0 Å². The lowest BCUT2D eigenvalue weighted by Gasteiger charge is -2.21. The number of fused-ring (bicyclic) bond motifs is 1. The molecule has 1 aromatic heterocycles. The summed E-state index contributed by atoms with van der Waals surface area (Å²) in [6.07, 6.45) is 0.00664. The number of ether oxygens (including phenoxy) is 1. The van der Waals surface area contributed by atoms with Crippen molar-refractivity contribution in [3.8, 4) is 5.75 Å². The van der Waals surface area contributed by atoms with Gasteiger partial charge in [-0.25, -0.2) is 4.79 Å². The number of carboxylic acid groups (broad SMARTS) is 1. The van der Waals surface area contributed by atoms with Crippen LogP contribution in [0.25, 0.3) is 10.9 Å². The number of carbonyl (C=O) groups is 2. The van der Waals surface area contributed by atoms with Crippen LogP contribution in [0.3, 0.4) is 0 Å². The quantitative estimate of drug-likeness (QED) is 0.665. The number of H-pyrrole nitrogens is 1. The number of rotatable bonds is 7. The number of aromatic amines is 1. The standard InChI is InChI=1S/C21H22N2O4/c1-3-23(14-9-11-15(12-10-14)27-4-2)19(24)13-17-16-7-5-6-8-18(16)22-20(17)21(25)26/h5-12,22H,3-4,13H2,1-2H3,(H,25,26). The first-order valence-electron chi connectivity index (χ1n) is 8.91. The second-order valence-electron chi connectivity index (χ2n) is 6.07. The van der Waals surface area contributed by atoms with Crippen molar-refractivity contribution in [2.75, 3.05) is 18.1 Å². The molecule has 3 aromatic rings. The summed E-state index contributed by atoms with van der Waals surface area (Å²) in [5, 5.41) is 10.3. The Bertz CT molecular complexity index is 960. The fourth-order valence-corrected chi connectivity index (χ4v) is 3.20. The first-order valence-corrected chi connectivity index (χ1v) is 8.91. The van der Waals surface area contributed by atoms with Crippen LogP contribution < -0.4 is 9.64 Å². The highest BCUT2D eigenvalue weighted by Crippen LogP contribution is 2.25. The van der Waals surface area contributed by atoms with Gasteiger partial charge in [-0.2, -0.15) is 0 Å². The molecule has 0 atom stereocenters. The topological polar surface area (TPSA) is 82.6 Å². The van der Waals surface area contributed by atoms with Crippen molar-refractivity contribution in [3.63, 3.8) is 0 Å². The number of nitrogens with zero attached hydrogens (tertiary/aromatic N) is 1. The number of benzene rings is 2. The highest BCUT2D eigenvalue weighted by molar-refractivity contribution is 6.03. The number of hydrogen-bond donors (Lipinski definition) is 2. The highest BCUT2D eigenvalue weighted by atomic mass is 16.5. The van der Waals surface area contributed by atoms with E-state index in [1.165, 1.54) is 0 Å².